The molecule has 4 rings (SSSR count). The molecule has 0 bridgehead atoms. The molecule has 0 aliphatic rings. The van der Waals surface area contributed by atoms with Gasteiger partial charge in [-0.1, -0.05) is 6.07 Å². The number of hydrogen-bond donors (Lipinski definition) is 1. The van der Waals surface area contributed by atoms with E-state index in [1.165, 1.54) is 11.3 Å². The fourth-order valence-electron chi connectivity index (χ4n) is 2.21. The molecule has 4 aromatic heterocycles. The van der Waals surface area contributed by atoms with Crippen molar-refractivity contribution in [1.82, 2.24) is 15.0 Å². The zero-order valence-electron chi connectivity index (χ0n) is 12.9. The number of rotatable bonds is 5. The summed E-state index contributed by atoms with van der Waals surface area (Å²) >= 11 is 4.60. The van der Waals surface area contributed by atoms with E-state index in [4.69, 9.17) is 0 Å². The van der Waals surface area contributed by atoms with Crippen molar-refractivity contribution >= 4 is 45.0 Å². The van der Waals surface area contributed by atoms with Gasteiger partial charge >= 0.3 is 0 Å². The first-order chi connectivity index (χ1) is 12.3. The Morgan fingerprint density at radius 1 is 1.08 bits per heavy atom. The molecular weight excluding hydrogens is 372 g/mol. The summed E-state index contributed by atoms with van der Waals surface area (Å²) < 4.78 is 0. The molecular formula is C17H12N4OS3. The maximum absolute atomic E-state index is 12.2. The van der Waals surface area contributed by atoms with Gasteiger partial charge in [0.15, 0.2) is 5.13 Å². The van der Waals surface area contributed by atoms with Crippen LogP contribution in [0.25, 0.3) is 21.1 Å². The molecule has 0 atom stereocenters. The minimum atomic E-state index is -0.116. The van der Waals surface area contributed by atoms with E-state index >= 15 is 0 Å². The van der Waals surface area contributed by atoms with Gasteiger partial charge in [0.1, 0.15) is 5.01 Å². The fourth-order valence-corrected chi connectivity index (χ4v) is 4.58. The minimum absolute atomic E-state index is 0.116. The Kier molecular flexibility index (Phi) is 4.64. The molecule has 4 heterocycles. The second kappa shape index (κ2) is 7.22. The van der Waals surface area contributed by atoms with Crippen molar-refractivity contribution in [2.45, 2.75) is 6.42 Å². The minimum Gasteiger partial charge on any atom is -0.302 e. The normalized spacial score (nSPS) is 10.7. The molecule has 0 saturated carbocycles. The number of anilines is 1. The Morgan fingerprint density at radius 2 is 2.04 bits per heavy atom. The quantitative estimate of drug-likeness (QED) is 0.547. The van der Waals surface area contributed by atoms with Crippen molar-refractivity contribution in [3.05, 3.63) is 58.5 Å². The van der Waals surface area contributed by atoms with Crippen LogP contribution in [-0.2, 0) is 11.2 Å². The number of thiophene rings is 1. The average Bonchev–Trinajstić information content (AvgIpc) is 3.37. The number of carbonyl (C=O) groups excluding carboxylic acids is 1. The summed E-state index contributed by atoms with van der Waals surface area (Å²) in [6.45, 7) is 0. The van der Waals surface area contributed by atoms with E-state index in [-0.39, 0.29) is 12.3 Å². The first kappa shape index (κ1) is 16.1. The van der Waals surface area contributed by atoms with Gasteiger partial charge in [0.05, 0.1) is 22.7 Å². The Balaban J connectivity index is 1.40. The lowest BCUT2D eigenvalue weighted by Crippen LogP contribution is -2.14. The molecule has 0 fully saturated rings. The molecule has 1 amide bonds. The zero-order chi connectivity index (χ0) is 17.1. The fraction of sp³-hybridized carbons (Fsp3) is 0.0588. The molecule has 0 saturated heterocycles. The van der Waals surface area contributed by atoms with Gasteiger partial charge in [0.25, 0.3) is 0 Å². The molecule has 0 aliphatic carbocycles. The van der Waals surface area contributed by atoms with Gasteiger partial charge < -0.3 is 5.32 Å². The van der Waals surface area contributed by atoms with Crippen molar-refractivity contribution < 1.29 is 4.79 Å². The number of aromatic nitrogens is 3. The van der Waals surface area contributed by atoms with Crippen LogP contribution in [0.4, 0.5) is 5.13 Å². The lowest BCUT2D eigenvalue weighted by Gasteiger charge is -1.99. The highest BCUT2D eigenvalue weighted by atomic mass is 32.1. The molecule has 124 valence electrons. The summed E-state index contributed by atoms with van der Waals surface area (Å²) in [5.41, 5.74) is 2.51. The molecule has 25 heavy (non-hydrogen) atoms. The molecule has 0 aromatic carbocycles. The molecule has 5 nitrogen and oxygen atoms in total. The third kappa shape index (κ3) is 3.81. The lowest BCUT2D eigenvalue weighted by molar-refractivity contribution is -0.115. The Bertz CT molecular complexity index is 976. The largest absolute Gasteiger partial charge is 0.302 e. The maximum atomic E-state index is 12.2. The van der Waals surface area contributed by atoms with Crippen LogP contribution < -0.4 is 5.32 Å². The average molecular weight is 385 g/mol. The van der Waals surface area contributed by atoms with Crippen molar-refractivity contribution in [2.75, 3.05) is 5.32 Å². The van der Waals surface area contributed by atoms with Crippen molar-refractivity contribution in [1.29, 1.82) is 0 Å². The van der Waals surface area contributed by atoms with Crippen LogP contribution in [0.1, 0.15) is 5.69 Å². The zero-order valence-corrected chi connectivity index (χ0v) is 15.3. The Morgan fingerprint density at radius 3 is 2.84 bits per heavy atom. The molecule has 0 unspecified atom stereocenters. The highest BCUT2D eigenvalue weighted by Crippen LogP contribution is 2.28. The Hall–Kier alpha value is -2.42. The smallest absolute Gasteiger partial charge is 0.232 e. The van der Waals surface area contributed by atoms with Gasteiger partial charge in [0.2, 0.25) is 5.91 Å². The highest BCUT2D eigenvalue weighted by Gasteiger charge is 2.12. The molecule has 8 heteroatoms. The third-order valence-electron chi connectivity index (χ3n) is 3.33. The van der Waals surface area contributed by atoms with E-state index in [1.54, 1.807) is 35.1 Å². The first-order valence-electron chi connectivity index (χ1n) is 7.42. The van der Waals surface area contributed by atoms with Crippen molar-refractivity contribution in [3.8, 4) is 21.1 Å². The summed E-state index contributed by atoms with van der Waals surface area (Å²) in [4.78, 5) is 26.4. The predicted molar refractivity (Wildman–Crippen MR) is 103 cm³/mol. The van der Waals surface area contributed by atoms with E-state index in [2.05, 4.69) is 20.3 Å². The van der Waals surface area contributed by atoms with Crippen LogP contribution in [-0.4, -0.2) is 20.9 Å². The van der Waals surface area contributed by atoms with E-state index < -0.39 is 0 Å². The Labute approximate surface area is 156 Å². The number of nitrogens with zero attached hydrogens (tertiary/aromatic N) is 3. The van der Waals surface area contributed by atoms with E-state index in [9.17, 15) is 4.79 Å². The molecule has 4 aromatic rings. The molecule has 0 radical (unpaired) electrons. The van der Waals surface area contributed by atoms with Gasteiger partial charge in [0, 0.05) is 28.7 Å². The van der Waals surface area contributed by atoms with Gasteiger partial charge in [-0.2, -0.15) is 0 Å². The van der Waals surface area contributed by atoms with Crippen LogP contribution in [0.3, 0.4) is 0 Å². The predicted octanol–water partition coefficient (Wildman–Crippen LogP) is 4.57. The standard InChI is InChI=1S/C17H12N4OS3/c22-15(7-12-9-24-16(19-12)14-4-2-6-23-14)21-17-20-13(10-25-17)11-3-1-5-18-8-11/h1-6,8-10H,7H2,(H,20,21,22). The number of thiazole rings is 2. The monoisotopic (exact) mass is 384 g/mol. The summed E-state index contributed by atoms with van der Waals surface area (Å²) in [5, 5.41) is 10.2. The summed E-state index contributed by atoms with van der Waals surface area (Å²) in [5.74, 6) is -0.116. The highest BCUT2D eigenvalue weighted by molar-refractivity contribution is 7.20. The SMILES string of the molecule is O=C(Cc1csc(-c2cccs2)n1)Nc1nc(-c2cccnc2)cs1. The number of carbonyl (C=O) groups is 1. The van der Waals surface area contributed by atoms with Crippen LogP contribution in [0.15, 0.2) is 52.8 Å². The molecule has 1 N–H and O–H groups in total. The van der Waals surface area contributed by atoms with Crippen LogP contribution in [0, 0.1) is 0 Å². The number of hydrogen-bond acceptors (Lipinski definition) is 7. The van der Waals surface area contributed by atoms with Gasteiger partial charge in [-0.3, -0.25) is 9.78 Å². The van der Waals surface area contributed by atoms with Gasteiger partial charge in [-0.15, -0.1) is 34.0 Å². The lowest BCUT2D eigenvalue weighted by atomic mass is 10.2. The molecule has 0 aliphatic heterocycles. The van der Waals surface area contributed by atoms with Gasteiger partial charge in [-0.05, 0) is 23.6 Å². The van der Waals surface area contributed by atoms with Crippen LogP contribution >= 0.6 is 34.0 Å². The summed E-state index contributed by atoms with van der Waals surface area (Å²) in [6.07, 6.45) is 3.71. The second-order valence-corrected chi connectivity index (χ2v) is 7.79. The van der Waals surface area contributed by atoms with Crippen LogP contribution in [0.5, 0.6) is 0 Å². The third-order valence-corrected chi connectivity index (χ3v) is 6.02. The van der Waals surface area contributed by atoms with Crippen molar-refractivity contribution in [2.24, 2.45) is 0 Å². The topological polar surface area (TPSA) is 67.8 Å². The van der Waals surface area contributed by atoms with Crippen molar-refractivity contribution in [3.63, 3.8) is 0 Å². The first-order valence-corrected chi connectivity index (χ1v) is 10.1. The van der Waals surface area contributed by atoms with E-state index in [0.29, 0.717) is 5.13 Å². The van der Waals surface area contributed by atoms with E-state index in [1.807, 2.05) is 40.4 Å². The maximum Gasteiger partial charge on any atom is 0.232 e. The number of pyridine rings is 1. The summed E-state index contributed by atoms with van der Waals surface area (Å²) in [6, 6.07) is 7.83. The number of amides is 1. The van der Waals surface area contributed by atoms with Crippen LogP contribution in [0.2, 0.25) is 0 Å². The second-order valence-electron chi connectivity index (χ2n) is 5.13. The van der Waals surface area contributed by atoms with E-state index in [0.717, 1.165) is 26.8 Å². The number of nitrogens with one attached hydrogen (secondary N) is 1. The van der Waals surface area contributed by atoms with Gasteiger partial charge in [-0.25, -0.2) is 9.97 Å². The molecule has 0 spiro atoms. The summed E-state index contributed by atoms with van der Waals surface area (Å²) in [7, 11) is 0.